The fourth-order valence-corrected chi connectivity index (χ4v) is 1.37. The largest absolute Gasteiger partial charge is 0.392 e. The standard InChI is InChI=1S/C9H11BrClNO/c1-6(13)5-12-7-2-3-9(11)8(10)4-7/h2-4,6,12-13H,5H2,1H3/t6-/m1/s1. The van der Waals surface area contributed by atoms with Crippen molar-refractivity contribution in [3.63, 3.8) is 0 Å². The topological polar surface area (TPSA) is 32.3 Å². The van der Waals surface area contributed by atoms with Crippen molar-refractivity contribution in [3.05, 3.63) is 27.7 Å². The average molecular weight is 265 g/mol. The minimum Gasteiger partial charge on any atom is -0.392 e. The fraction of sp³-hybridized carbons (Fsp3) is 0.333. The first-order valence-corrected chi connectivity index (χ1v) is 5.13. The molecule has 0 aromatic heterocycles. The normalized spacial score (nSPS) is 12.6. The summed E-state index contributed by atoms with van der Waals surface area (Å²) in [7, 11) is 0. The van der Waals surface area contributed by atoms with E-state index in [1.54, 1.807) is 13.0 Å². The van der Waals surface area contributed by atoms with E-state index in [-0.39, 0.29) is 6.10 Å². The zero-order valence-corrected chi connectivity index (χ0v) is 9.56. The molecule has 4 heteroatoms. The molecule has 0 radical (unpaired) electrons. The zero-order valence-electron chi connectivity index (χ0n) is 7.22. The molecule has 0 spiro atoms. The summed E-state index contributed by atoms with van der Waals surface area (Å²) in [6.07, 6.45) is -0.352. The molecule has 2 N–H and O–H groups in total. The number of rotatable bonds is 3. The molecule has 1 atom stereocenters. The molecule has 0 aliphatic heterocycles. The van der Waals surface area contributed by atoms with Crippen LogP contribution in [-0.2, 0) is 0 Å². The third-order valence-corrected chi connectivity index (χ3v) is 2.74. The Hall–Kier alpha value is -0.250. The SMILES string of the molecule is C[C@@H](O)CNc1ccc(Cl)c(Br)c1. The van der Waals surface area contributed by atoms with Gasteiger partial charge in [0.05, 0.1) is 11.1 Å². The summed E-state index contributed by atoms with van der Waals surface area (Å²) in [5, 5.41) is 12.8. The van der Waals surface area contributed by atoms with E-state index in [1.807, 2.05) is 12.1 Å². The summed E-state index contributed by atoms with van der Waals surface area (Å²) in [5.74, 6) is 0. The van der Waals surface area contributed by atoms with Gasteiger partial charge in [0.2, 0.25) is 0 Å². The minimum absolute atomic E-state index is 0.352. The van der Waals surface area contributed by atoms with Crippen LogP contribution in [0.4, 0.5) is 5.69 Å². The lowest BCUT2D eigenvalue weighted by Crippen LogP contribution is -2.15. The van der Waals surface area contributed by atoms with Crippen molar-refractivity contribution in [2.75, 3.05) is 11.9 Å². The quantitative estimate of drug-likeness (QED) is 0.880. The number of nitrogens with one attached hydrogen (secondary N) is 1. The van der Waals surface area contributed by atoms with Crippen LogP contribution in [0.1, 0.15) is 6.92 Å². The van der Waals surface area contributed by atoms with Gasteiger partial charge in [-0.25, -0.2) is 0 Å². The van der Waals surface area contributed by atoms with Gasteiger partial charge in [-0.1, -0.05) is 11.6 Å². The van der Waals surface area contributed by atoms with Gasteiger partial charge in [0, 0.05) is 16.7 Å². The van der Waals surface area contributed by atoms with Crippen molar-refractivity contribution in [2.45, 2.75) is 13.0 Å². The van der Waals surface area contributed by atoms with E-state index < -0.39 is 0 Å². The third-order valence-electron chi connectivity index (χ3n) is 1.52. The molecule has 0 bridgehead atoms. The molecular formula is C9H11BrClNO. The van der Waals surface area contributed by atoms with Crippen LogP contribution in [0.25, 0.3) is 0 Å². The Labute approximate surface area is 91.0 Å². The lowest BCUT2D eigenvalue weighted by atomic mass is 10.3. The Kier molecular flexibility index (Phi) is 4.03. The van der Waals surface area contributed by atoms with Crippen LogP contribution >= 0.6 is 27.5 Å². The summed E-state index contributed by atoms with van der Waals surface area (Å²) in [5.41, 5.74) is 0.942. The molecule has 0 amide bonds. The average Bonchev–Trinajstić information content (AvgIpc) is 2.07. The highest BCUT2D eigenvalue weighted by Crippen LogP contribution is 2.25. The molecular weight excluding hydrogens is 253 g/mol. The summed E-state index contributed by atoms with van der Waals surface area (Å²) in [4.78, 5) is 0. The van der Waals surface area contributed by atoms with Gasteiger partial charge < -0.3 is 10.4 Å². The highest BCUT2D eigenvalue weighted by Gasteiger charge is 1.99. The van der Waals surface area contributed by atoms with E-state index in [0.29, 0.717) is 11.6 Å². The van der Waals surface area contributed by atoms with Crippen molar-refractivity contribution < 1.29 is 5.11 Å². The number of hydrogen-bond acceptors (Lipinski definition) is 2. The highest BCUT2D eigenvalue weighted by molar-refractivity contribution is 9.10. The predicted octanol–water partition coefficient (Wildman–Crippen LogP) is 2.90. The first kappa shape index (κ1) is 10.8. The van der Waals surface area contributed by atoms with E-state index in [0.717, 1.165) is 10.2 Å². The van der Waals surface area contributed by atoms with E-state index in [4.69, 9.17) is 16.7 Å². The van der Waals surface area contributed by atoms with Crippen LogP contribution < -0.4 is 5.32 Å². The van der Waals surface area contributed by atoms with Crippen LogP contribution in [0.15, 0.2) is 22.7 Å². The van der Waals surface area contributed by atoms with Gasteiger partial charge in [-0.05, 0) is 41.1 Å². The number of aliphatic hydroxyl groups excluding tert-OH is 1. The van der Waals surface area contributed by atoms with Crippen LogP contribution in [-0.4, -0.2) is 17.8 Å². The van der Waals surface area contributed by atoms with E-state index in [9.17, 15) is 0 Å². The van der Waals surface area contributed by atoms with Gasteiger partial charge >= 0.3 is 0 Å². The Morgan fingerprint density at radius 2 is 2.31 bits per heavy atom. The van der Waals surface area contributed by atoms with E-state index in [1.165, 1.54) is 0 Å². The van der Waals surface area contributed by atoms with Crippen molar-refractivity contribution in [1.29, 1.82) is 0 Å². The number of aliphatic hydroxyl groups is 1. The Bertz CT molecular complexity index is 291. The highest BCUT2D eigenvalue weighted by atomic mass is 79.9. The van der Waals surface area contributed by atoms with E-state index >= 15 is 0 Å². The van der Waals surface area contributed by atoms with Gasteiger partial charge in [0.25, 0.3) is 0 Å². The molecule has 1 aromatic carbocycles. The number of hydrogen-bond donors (Lipinski definition) is 2. The molecule has 72 valence electrons. The van der Waals surface area contributed by atoms with Gasteiger partial charge in [-0.15, -0.1) is 0 Å². The molecule has 0 aliphatic rings. The lowest BCUT2D eigenvalue weighted by Gasteiger charge is -2.08. The van der Waals surface area contributed by atoms with Gasteiger partial charge in [-0.3, -0.25) is 0 Å². The van der Waals surface area contributed by atoms with Crippen LogP contribution in [0.3, 0.4) is 0 Å². The summed E-state index contributed by atoms with van der Waals surface area (Å²) in [6, 6.07) is 5.55. The second-order valence-corrected chi connectivity index (χ2v) is 4.12. The maximum absolute atomic E-state index is 9.04. The molecule has 0 saturated carbocycles. The van der Waals surface area contributed by atoms with Crippen LogP contribution in [0, 0.1) is 0 Å². The van der Waals surface area contributed by atoms with Gasteiger partial charge in [-0.2, -0.15) is 0 Å². The molecule has 0 aliphatic carbocycles. The lowest BCUT2D eigenvalue weighted by molar-refractivity contribution is 0.208. The Balaban J connectivity index is 2.63. The second kappa shape index (κ2) is 4.84. The maximum atomic E-state index is 9.04. The van der Waals surface area contributed by atoms with Crippen molar-refractivity contribution in [2.24, 2.45) is 0 Å². The van der Waals surface area contributed by atoms with Crippen molar-refractivity contribution in [3.8, 4) is 0 Å². The van der Waals surface area contributed by atoms with E-state index in [2.05, 4.69) is 21.2 Å². The predicted molar refractivity (Wildman–Crippen MR) is 59.3 cm³/mol. The first-order valence-electron chi connectivity index (χ1n) is 3.96. The summed E-state index contributed by atoms with van der Waals surface area (Å²) >= 11 is 9.14. The number of anilines is 1. The van der Waals surface area contributed by atoms with Gasteiger partial charge in [0.15, 0.2) is 0 Å². The van der Waals surface area contributed by atoms with Crippen molar-refractivity contribution >= 4 is 33.2 Å². The first-order chi connectivity index (χ1) is 6.09. The molecule has 0 fully saturated rings. The second-order valence-electron chi connectivity index (χ2n) is 2.86. The molecule has 0 unspecified atom stereocenters. The van der Waals surface area contributed by atoms with Crippen molar-refractivity contribution in [1.82, 2.24) is 0 Å². The minimum atomic E-state index is -0.352. The van der Waals surface area contributed by atoms with Gasteiger partial charge in [0.1, 0.15) is 0 Å². The van der Waals surface area contributed by atoms with Crippen LogP contribution in [0.5, 0.6) is 0 Å². The Morgan fingerprint density at radius 1 is 1.62 bits per heavy atom. The summed E-state index contributed by atoms with van der Waals surface area (Å²) < 4.78 is 0.852. The number of benzene rings is 1. The van der Waals surface area contributed by atoms with Crippen LogP contribution in [0.2, 0.25) is 5.02 Å². The fourth-order valence-electron chi connectivity index (χ4n) is 0.872. The monoisotopic (exact) mass is 263 g/mol. The summed E-state index contributed by atoms with van der Waals surface area (Å²) in [6.45, 7) is 2.27. The molecule has 0 heterocycles. The number of halogens is 2. The third kappa shape index (κ3) is 3.55. The molecule has 13 heavy (non-hydrogen) atoms. The molecule has 1 rings (SSSR count). The molecule has 2 nitrogen and oxygen atoms in total. The Morgan fingerprint density at radius 3 is 2.85 bits per heavy atom. The molecule has 0 saturated heterocycles. The maximum Gasteiger partial charge on any atom is 0.0684 e. The zero-order chi connectivity index (χ0) is 9.84. The molecule has 1 aromatic rings. The smallest absolute Gasteiger partial charge is 0.0684 e.